The van der Waals surface area contributed by atoms with Crippen LogP contribution in [0.15, 0.2) is 77.7 Å². The van der Waals surface area contributed by atoms with Crippen LogP contribution in [0.25, 0.3) is 0 Å². The van der Waals surface area contributed by atoms with Crippen LogP contribution < -0.4 is 14.4 Å². The van der Waals surface area contributed by atoms with Crippen molar-refractivity contribution >= 4 is 21.6 Å². The Morgan fingerprint density at radius 3 is 2.31 bits per heavy atom. The van der Waals surface area contributed by atoms with Crippen molar-refractivity contribution in [1.29, 1.82) is 0 Å². The maximum atomic E-state index is 13.2. The molecular weight excluding hydrogens is 424 g/mol. The van der Waals surface area contributed by atoms with Crippen molar-refractivity contribution in [3.63, 3.8) is 0 Å². The fraction of sp³-hybridized carbons (Fsp3) is 0.240. The highest BCUT2D eigenvalue weighted by molar-refractivity contribution is 7.92. The number of ether oxygens (including phenoxy) is 1. The highest BCUT2D eigenvalue weighted by Gasteiger charge is 2.25. The van der Waals surface area contributed by atoms with Crippen molar-refractivity contribution in [2.45, 2.75) is 31.2 Å². The first kappa shape index (κ1) is 23.3. The number of hydrogen-bond acceptors (Lipinski definition) is 4. The van der Waals surface area contributed by atoms with Gasteiger partial charge in [0.1, 0.15) is 5.75 Å². The van der Waals surface area contributed by atoms with Gasteiger partial charge in [-0.1, -0.05) is 49.4 Å². The van der Waals surface area contributed by atoms with Crippen molar-refractivity contribution in [3.8, 4) is 5.75 Å². The second kappa shape index (κ2) is 9.87. The summed E-state index contributed by atoms with van der Waals surface area (Å²) >= 11 is 0. The maximum absolute atomic E-state index is 13.2. The highest BCUT2D eigenvalue weighted by atomic mass is 32.2. The summed E-state index contributed by atoms with van der Waals surface area (Å²) in [4.78, 5) is 13.4. The third-order valence-corrected chi connectivity index (χ3v) is 7.21. The molecule has 32 heavy (non-hydrogen) atoms. The summed E-state index contributed by atoms with van der Waals surface area (Å²) in [6.45, 7) is 3.94. The van der Waals surface area contributed by atoms with E-state index in [4.69, 9.17) is 4.74 Å². The maximum Gasteiger partial charge on any atom is 0.264 e. The monoisotopic (exact) mass is 452 g/mol. The zero-order valence-corrected chi connectivity index (χ0v) is 19.5. The molecule has 1 N–H and O–H groups in total. The Morgan fingerprint density at radius 2 is 1.69 bits per heavy atom. The summed E-state index contributed by atoms with van der Waals surface area (Å²) in [5.41, 5.74) is 2.54. The van der Waals surface area contributed by atoms with Crippen LogP contribution in [0.4, 0.5) is 5.69 Å². The Morgan fingerprint density at radius 1 is 1.03 bits per heavy atom. The highest BCUT2D eigenvalue weighted by Crippen LogP contribution is 2.28. The Labute approximate surface area is 189 Å². The number of sulfonamides is 1. The van der Waals surface area contributed by atoms with Gasteiger partial charge in [0, 0.05) is 7.05 Å². The van der Waals surface area contributed by atoms with Gasteiger partial charge in [0.05, 0.1) is 29.3 Å². The van der Waals surface area contributed by atoms with Gasteiger partial charge in [0.2, 0.25) is 0 Å². The van der Waals surface area contributed by atoms with E-state index in [1.165, 1.54) is 19.2 Å². The topological polar surface area (TPSA) is 75.7 Å². The van der Waals surface area contributed by atoms with Crippen LogP contribution in [0, 0.1) is 6.92 Å². The number of nitrogens with zero attached hydrogens (tertiary/aromatic N) is 1. The molecule has 7 heteroatoms. The molecule has 0 aromatic heterocycles. The lowest BCUT2D eigenvalue weighted by atomic mass is 10.0. The minimum absolute atomic E-state index is 0.165. The number of anilines is 1. The van der Waals surface area contributed by atoms with Crippen LogP contribution in [0.3, 0.4) is 0 Å². The lowest BCUT2D eigenvalue weighted by Gasteiger charge is -2.24. The molecule has 0 bridgehead atoms. The molecule has 168 valence electrons. The van der Waals surface area contributed by atoms with Gasteiger partial charge in [0.25, 0.3) is 15.9 Å². The van der Waals surface area contributed by atoms with Crippen LogP contribution in [-0.4, -0.2) is 28.5 Å². The third-order valence-electron chi connectivity index (χ3n) is 5.42. The Kier molecular flexibility index (Phi) is 7.20. The van der Waals surface area contributed by atoms with Gasteiger partial charge >= 0.3 is 0 Å². The van der Waals surface area contributed by atoms with E-state index in [2.05, 4.69) is 5.32 Å². The van der Waals surface area contributed by atoms with Crippen molar-refractivity contribution in [2.24, 2.45) is 0 Å². The average Bonchev–Trinajstić information content (AvgIpc) is 2.82. The van der Waals surface area contributed by atoms with Gasteiger partial charge in [-0.25, -0.2) is 8.42 Å². The summed E-state index contributed by atoms with van der Waals surface area (Å²) in [6, 6.07) is 20.4. The van der Waals surface area contributed by atoms with Crippen LogP contribution >= 0.6 is 0 Å². The number of aryl methyl sites for hydroxylation is 1. The molecule has 3 aromatic rings. The first-order valence-corrected chi connectivity index (χ1v) is 11.8. The van der Waals surface area contributed by atoms with E-state index < -0.39 is 10.0 Å². The second-order valence-electron chi connectivity index (χ2n) is 7.47. The Hall–Kier alpha value is -3.32. The molecule has 0 heterocycles. The van der Waals surface area contributed by atoms with E-state index in [0.29, 0.717) is 12.1 Å². The van der Waals surface area contributed by atoms with Crippen LogP contribution in [0.2, 0.25) is 0 Å². The summed E-state index contributed by atoms with van der Waals surface area (Å²) in [6.07, 6.45) is 0.678. The number of rotatable bonds is 8. The minimum atomic E-state index is -3.81. The van der Waals surface area contributed by atoms with Gasteiger partial charge in [-0.15, -0.1) is 0 Å². The predicted molar refractivity (Wildman–Crippen MR) is 127 cm³/mol. The molecule has 0 fully saturated rings. The molecule has 6 nitrogen and oxygen atoms in total. The van der Waals surface area contributed by atoms with Crippen LogP contribution in [0.1, 0.15) is 40.9 Å². The fourth-order valence-corrected chi connectivity index (χ4v) is 4.83. The van der Waals surface area contributed by atoms with Crippen molar-refractivity contribution in [1.82, 2.24) is 5.32 Å². The van der Waals surface area contributed by atoms with Crippen LogP contribution in [0.5, 0.6) is 5.75 Å². The number of methoxy groups -OCH3 is 1. The summed E-state index contributed by atoms with van der Waals surface area (Å²) in [7, 11) is -0.728. The number of nitrogens with one attached hydrogen (secondary N) is 1. The molecule has 0 spiro atoms. The largest absolute Gasteiger partial charge is 0.496 e. The number of para-hydroxylation sites is 1. The van der Waals surface area contributed by atoms with Crippen LogP contribution in [-0.2, 0) is 10.0 Å². The zero-order valence-electron chi connectivity index (χ0n) is 18.7. The molecule has 0 aliphatic heterocycles. The molecule has 0 saturated carbocycles. The lowest BCUT2D eigenvalue weighted by Crippen LogP contribution is -2.32. The Bertz CT molecular complexity index is 1190. The van der Waals surface area contributed by atoms with Gasteiger partial charge < -0.3 is 10.1 Å². The number of carbonyl (C=O) groups is 1. The van der Waals surface area contributed by atoms with Crippen molar-refractivity contribution < 1.29 is 17.9 Å². The van der Waals surface area contributed by atoms with E-state index in [0.717, 1.165) is 21.2 Å². The molecule has 1 amide bonds. The van der Waals surface area contributed by atoms with E-state index in [-0.39, 0.29) is 22.4 Å². The van der Waals surface area contributed by atoms with E-state index in [1.807, 2.05) is 32.0 Å². The number of amides is 1. The number of benzene rings is 3. The lowest BCUT2D eigenvalue weighted by molar-refractivity contribution is 0.0936. The van der Waals surface area contributed by atoms with Gasteiger partial charge in [0.15, 0.2) is 0 Å². The van der Waals surface area contributed by atoms with E-state index in [1.54, 1.807) is 49.6 Å². The molecule has 3 aromatic carbocycles. The first-order valence-electron chi connectivity index (χ1n) is 10.4. The Balaban J connectivity index is 1.90. The van der Waals surface area contributed by atoms with Gasteiger partial charge in [-0.05, 0) is 54.8 Å². The van der Waals surface area contributed by atoms with E-state index >= 15 is 0 Å². The summed E-state index contributed by atoms with van der Waals surface area (Å²) < 4.78 is 32.6. The second-order valence-corrected chi connectivity index (χ2v) is 9.44. The standard InChI is InChI=1S/C25H28N2O4S/c1-5-22(19-15-16-24(31-4)18(2)17-19)26-25(28)21-13-9-10-14-23(21)27(3)32(29,30)20-11-7-6-8-12-20/h6-17,22H,5H2,1-4H3,(H,26,28)/t22-/m0/s1. The molecule has 1 atom stereocenters. The predicted octanol–water partition coefficient (Wildman–Crippen LogP) is 4.71. The molecule has 0 aliphatic carbocycles. The summed E-state index contributed by atoms with van der Waals surface area (Å²) in [5.74, 6) is 0.448. The van der Waals surface area contributed by atoms with Gasteiger partial charge in [-0.2, -0.15) is 0 Å². The molecule has 0 aliphatic rings. The SMILES string of the molecule is CC[C@H](NC(=O)c1ccccc1N(C)S(=O)(=O)c1ccccc1)c1ccc(OC)c(C)c1. The molecule has 3 rings (SSSR count). The average molecular weight is 453 g/mol. The molecule has 0 saturated heterocycles. The minimum Gasteiger partial charge on any atom is -0.496 e. The zero-order chi connectivity index (χ0) is 23.3. The van der Waals surface area contributed by atoms with Crippen molar-refractivity contribution in [3.05, 3.63) is 89.5 Å². The smallest absolute Gasteiger partial charge is 0.264 e. The quantitative estimate of drug-likeness (QED) is 0.537. The molecule has 0 unspecified atom stereocenters. The van der Waals surface area contributed by atoms with E-state index in [9.17, 15) is 13.2 Å². The molecular formula is C25H28N2O4S. The third kappa shape index (κ3) is 4.78. The number of hydrogen-bond donors (Lipinski definition) is 1. The van der Waals surface area contributed by atoms with Gasteiger partial charge in [-0.3, -0.25) is 9.10 Å². The normalized spacial score (nSPS) is 12.1. The summed E-state index contributed by atoms with van der Waals surface area (Å²) in [5, 5.41) is 3.05. The van der Waals surface area contributed by atoms with Crippen molar-refractivity contribution in [2.75, 3.05) is 18.5 Å². The fourth-order valence-electron chi connectivity index (χ4n) is 3.60. The molecule has 0 radical (unpaired) electrons. The number of carbonyl (C=O) groups excluding carboxylic acids is 1. The first-order chi connectivity index (χ1) is 15.3.